The number of hydrogen-bond acceptors (Lipinski definition) is 4. The third-order valence-corrected chi connectivity index (χ3v) is 7.06. The van der Waals surface area contributed by atoms with Gasteiger partial charge in [0, 0.05) is 10.0 Å². The van der Waals surface area contributed by atoms with Crippen molar-refractivity contribution in [2.75, 3.05) is 4.90 Å². The van der Waals surface area contributed by atoms with Gasteiger partial charge in [-0.1, -0.05) is 75.2 Å². The Balaban J connectivity index is 1.60. The molecule has 162 valence electrons. The smallest absolute Gasteiger partial charge is 0.270 e. The summed E-state index contributed by atoms with van der Waals surface area (Å²) in [5.74, 6) is 0.0160. The van der Waals surface area contributed by atoms with Gasteiger partial charge in [-0.15, -0.1) is 0 Å². The van der Waals surface area contributed by atoms with Crippen molar-refractivity contribution < 1.29 is 13.9 Å². The van der Waals surface area contributed by atoms with Crippen LogP contribution in [-0.4, -0.2) is 10.2 Å². The summed E-state index contributed by atoms with van der Waals surface area (Å²) in [6, 6.07) is 16.5. The molecule has 1 saturated heterocycles. The minimum absolute atomic E-state index is 0.257. The molecule has 9 heteroatoms. The number of amides is 1. The van der Waals surface area contributed by atoms with E-state index in [4.69, 9.17) is 40.2 Å². The van der Waals surface area contributed by atoms with E-state index in [9.17, 15) is 9.18 Å². The first-order valence-corrected chi connectivity index (χ1v) is 12.0. The Morgan fingerprint density at radius 2 is 1.81 bits per heavy atom. The summed E-state index contributed by atoms with van der Waals surface area (Å²) in [7, 11) is 0. The molecule has 1 heterocycles. The van der Waals surface area contributed by atoms with Crippen LogP contribution in [0.15, 0.2) is 70.0 Å². The van der Waals surface area contributed by atoms with Crippen molar-refractivity contribution in [2.45, 2.75) is 6.61 Å². The standard InChI is InChI=1S/C23H13BrCl2FNO2S2/c24-15-3-8-20(30-12-13-1-4-16(27)5-2-13)14(9-15)10-21-22(29)28(23(31)32-21)17-6-7-18(25)19(26)11-17/h1-11H,12H2/b21-10+. The number of ether oxygens (including phenoxy) is 1. The number of benzene rings is 3. The zero-order valence-corrected chi connectivity index (χ0v) is 20.9. The van der Waals surface area contributed by atoms with Crippen LogP contribution in [0.2, 0.25) is 10.0 Å². The highest BCUT2D eigenvalue weighted by Gasteiger charge is 2.33. The van der Waals surface area contributed by atoms with Gasteiger partial charge < -0.3 is 4.74 Å². The lowest BCUT2D eigenvalue weighted by atomic mass is 10.1. The van der Waals surface area contributed by atoms with Crippen molar-refractivity contribution in [1.82, 2.24) is 0 Å². The lowest BCUT2D eigenvalue weighted by molar-refractivity contribution is -0.113. The number of thiocarbonyl (C=S) groups is 1. The number of rotatable bonds is 5. The molecule has 0 spiro atoms. The van der Waals surface area contributed by atoms with Crippen LogP contribution in [0.1, 0.15) is 11.1 Å². The molecule has 3 aromatic carbocycles. The fourth-order valence-electron chi connectivity index (χ4n) is 2.96. The maximum absolute atomic E-state index is 13.1. The molecule has 3 aromatic rings. The lowest BCUT2D eigenvalue weighted by Gasteiger charge is -2.15. The van der Waals surface area contributed by atoms with E-state index in [0.717, 1.165) is 10.0 Å². The second kappa shape index (κ2) is 9.93. The predicted molar refractivity (Wildman–Crippen MR) is 137 cm³/mol. The summed E-state index contributed by atoms with van der Waals surface area (Å²) in [6.07, 6.45) is 1.74. The summed E-state index contributed by atoms with van der Waals surface area (Å²) < 4.78 is 20.3. The van der Waals surface area contributed by atoms with E-state index in [1.54, 1.807) is 42.5 Å². The van der Waals surface area contributed by atoms with E-state index in [-0.39, 0.29) is 18.3 Å². The van der Waals surface area contributed by atoms with Gasteiger partial charge in [0.25, 0.3) is 5.91 Å². The topological polar surface area (TPSA) is 29.5 Å². The van der Waals surface area contributed by atoms with Gasteiger partial charge in [0.15, 0.2) is 4.32 Å². The van der Waals surface area contributed by atoms with Crippen LogP contribution in [0.4, 0.5) is 10.1 Å². The van der Waals surface area contributed by atoms with Crippen molar-refractivity contribution in [2.24, 2.45) is 0 Å². The van der Waals surface area contributed by atoms with Gasteiger partial charge in [0.05, 0.1) is 20.6 Å². The van der Waals surface area contributed by atoms with Crippen molar-refractivity contribution in [1.29, 1.82) is 0 Å². The Bertz CT molecular complexity index is 1250. The molecule has 1 amide bonds. The zero-order chi connectivity index (χ0) is 22.8. The number of carbonyl (C=O) groups is 1. The molecule has 1 fully saturated rings. The van der Waals surface area contributed by atoms with Gasteiger partial charge in [-0.05, 0) is 60.2 Å². The Hall–Kier alpha value is -1.90. The minimum atomic E-state index is -0.304. The Morgan fingerprint density at radius 1 is 1.06 bits per heavy atom. The Labute approximate surface area is 212 Å². The molecule has 0 unspecified atom stereocenters. The molecule has 0 aromatic heterocycles. The first-order valence-electron chi connectivity index (χ1n) is 9.21. The van der Waals surface area contributed by atoms with Crippen LogP contribution < -0.4 is 9.64 Å². The molecule has 3 nitrogen and oxygen atoms in total. The summed E-state index contributed by atoms with van der Waals surface area (Å²) in [6.45, 7) is 0.257. The van der Waals surface area contributed by atoms with Crippen molar-refractivity contribution >= 4 is 85.1 Å². The number of carbonyl (C=O) groups excluding carboxylic acids is 1. The van der Waals surface area contributed by atoms with Crippen LogP contribution in [0.5, 0.6) is 5.75 Å². The molecule has 0 bridgehead atoms. The molecule has 4 rings (SSSR count). The predicted octanol–water partition coefficient (Wildman–Crippen LogP) is 7.88. The van der Waals surface area contributed by atoms with E-state index < -0.39 is 0 Å². The monoisotopic (exact) mass is 567 g/mol. The summed E-state index contributed by atoms with van der Waals surface area (Å²) >= 11 is 22.2. The highest BCUT2D eigenvalue weighted by atomic mass is 79.9. The summed E-state index contributed by atoms with van der Waals surface area (Å²) in [5, 5.41) is 0.735. The van der Waals surface area contributed by atoms with Crippen LogP contribution in [-0.2, 0) is 11.4 Å². The van der Waals surface area contributed by atoms with Crippen LogP contribution in [0.3, 0.4) is 0 Å². The maximum atomic E-state index is 13.1. The first kappa shape index (κ1) is 23.3. The number of nitrogens with zero attached hydrogens (tertiary/aromatic N) is 1. The van der Waals surface area contributed by atoms with E-state index >= 15 is 0 Å². The molecule has 0 atom stereocenters. The highest BCUT2D eigenvalue weighted by molar-refractivity contribution is 9.10. The van der Waals surface area contributed by atoms with Crippen LogP contribution in [0, 0.1) is 5.82 Å². The molecule has 0 radical (unpaired) electrons. The molecule has 1 aliphatic heterocycles. The maximum Gasteiger partial charge on any atom is 0.270 e. The molecule has 32 heavy (non-hydrogen) atoms. The number of halogens is 4. The van der Waals surface area contributed by atoms with Gasteiger partial charge >= 0.3 is 0 Å². The number of hydrogen-bond donors (Lipinski definition) is 0. The molecule has 1 aliphatic rings. The quantitative estimate of drug-likeness (QED) is 0.231. The Kier molecular flexibility index (Phi) is 7.22. The third-order valence-electron chi connectivity index (χ3n) is 4.52. The highest BCUT2D eigenvalue weighted by Crippen LogP contribution is 2.39. The van der Waals surface area contributed by atoms with Crippen molar-refractivity contribution in [3.8, 4) is 5.75 Å². The van der Waals surface area contributed by atoms with Gasteiger partial charge in [0.2, 0.25) is 0 Å². The fraction of sp³-hybridized carbons (Fsp3) is 0.0435. The van der Waals surface area contributed by atoms with Crippen molar-refractivity contribution in [3.63, 3.8) is 0 Å². The second-order valence-corrected chi connectivity index (χ2v) is 10.1. The molecule has 0 N–H and O–H groups in total. The largest absolute Gasteiger partial charge is 0.488 e. The van der Waals surface area contributed by atoms with Crippen LogP contribution >= 0.6 is 63.1 Å². The molecule has 0 saturated carbocycles. The fourth-order valence-corrected chi connectivity index (χ4v) is 4.92. The summed E-state index contributed by atoms with van der Waals surface area (Å²) in [5.41, 5.74) is 2.08. The first-order chi connectivity index (χ1) is 15.3. The lowest BCUT2D eigenvalue weighted by Crippen LogP contribution is -2.27. The number of thioether (sulfide) groups is 1. The Morgan fingerprint density at radius 3 is 2.53 bits per heavy atom. The normalized spacial score (nSPS) is 15.0. The van der Waals surface area contributed by atoms with Crippen molar-refractivity contribution in [3.05, 3.63) is 97.0 Å². The molecular weight excluding hydrogens is 556 g/mol. The summed E-state index contributed by atoms with van der Waals surface area (Å²) in [4.78, 5) is 15.0. The third kappa shape index (κ3) is 5.18. The average molecular weight is 569 g/mol. The van der Waals surface area contributed by atoms with Gasteiger partial charge in [-0.3, -0.25) is 9.69 Å². The van der Waals surface area contributed by atoms with E-state index in [2.05, 4.69) is 15.9 Å². The average Bonchev–Trinajstić information content (AvgIpc) is 3.03. The minimum Gasteiger partial charge on any atom is -0.488 e. The van der Waals surface area contributed by atoms with E-state index in [1.165, 1.54) is 28.8 Å². The van der Waals surface area contributed by atoms with Gasteiger partial charge in [-0.25, -0.2) is 4.39 Å². The second-order valence-electron chi connectivity index (χ2n) is 6.71. The SMILES string of the molecule is O=C1/C(=C\c2cc(Br)ccc2OCc2ccc(F)cc2)SC(=S)N1c1ccc(Cl)c(Cl)c1. The molecular formula is C23H13BrCl2FNO2S2. The molecule has 0 aliphatic carbocycles. The number of anilines is 1. The zero-order valence-electron chi connectivity index (χ0n) is 16.2. The van der Waals surface area contributed by atoms with E-state index in [1.807, 2.05) is 12.1 Å². The van der Waals surface area contributed by atoms with E-state index in [0.29, 0.717) is 36.3 Å². The van der Waals surface area contributed by atoms with Gasteiger partial charge in [-0.2, -0.15) is 0 Å². The van der Waals surface area contributed by atoms with Crippen LogP contribution in [0.25, 0.3) is 6.08 Å². The van der Waals surface area contributed by atoms with Gasteiger partial charge in [0.1, 0.15) is 18.2 Å².